The van der Waals surface area contributed by atoms with Gasteiger partial charge in [-0.3, -0.25) is 19.7 Å². The molecule has 0 unspecified atom stereocenters. The van der Waals surface area contributed by atoms with Gasteiger partial charge in [-0.2, -0.15) is 13.2 Å². The first-order chi connectivity index (χ1) is 12.5. The molecule has 0 aliphatic carbocycles. The van der Waals surface area contributed by atoms with E-state index in [-0.39, 0.29) is 16.7 Å². The number of carbonyl (C=O) groups is 2. The first-order valence-electron chi connectivity index (χ1n) is 7.43. The molecule has 0 bridgehead atoms. The molecule has 6 nitrogen and oxygen atoms in total. The summed E-state index contributed by atoms with van der Waals surface area (Å²) in [6.07, 6.45) is -4.81. The fourth-order valence-electron chi connectivity index (χ4n) is 2.41. The minimum absolute atomic E-state index is 0.0337. The molecule has 10 heteroatoms. The Morgan fingerprint density at radius 2 is 1.74 bits per heavy atom. The molecule has 2 aromatic carbocycles. The van der Waals surface area contributed by atoms with Gasteiger partial charge < -0.3 is 5.32 Å². The zero-order chi connectivity index (χ0) is 20.4. The third-order valence-electron chi connectivity index (χ3n) is 3.53. The van der Waals surface area contributed by atoms with E-state index in [0.717, 1.165) is 13.0 Å². The minimum Gasteiger partial charge on any atom is -0.326 e. The molecule has 27 heavy (non-hydrogen) atoms. The lowest BCUT2D eigenvalue weighted by Gasteiger charge is -2.17. The number of ketones is 1. The lowest BCUT2D eigenvalue weighted by Crippen LogP contribution is -2.15. The van der Waals surface area contributed by atoms with Crippen molar-refractivity contribution in [1.29, 1.82) is 0 Å². The molecule has 0 saturated heterocycles. The summed E-state index contributed by atoms with van der Waals surface area (Å²) < 4.78 is 40.2. The van der Waals surface area contributed by atoms with Gasteiger partial charge in [-0.1, -0.05) is 41.9 Å². The van der Waals surface area contributed by atoms with Crippen LogP contribution in [0.2, 0.25) is 5.02 Å². The molecule has 2 rings (SSSR count). The van der Waals surface area contributed by atoms with Gasteiger partial charge in [0.15, 0.2) is 0 Å². The van der Waals surface area contributed by atoms with E-state index in [1.165, 1.54) is 30.3 Å². The molecule has 1 amide bonds. The normalized spacial score (nSPS) is 11.1. The number of halogens is 4. The summed E-state index contributed by atoms with van der Waals surface area (Å²) in [5.74, 6) is -1.41. The van der Waals surface area contributed by atoms with Gasteiger partial charge in [0, 0.05) is 23.0 Å². The highest BCUT2D eigenvalue weighted by Crippen LogP contribution is 2.44. The molecule has 0 radical (unpaired) electrons. The van der Waals surface area contributed by atoms with Crippen LogP contribution in [0.25, 0.3) is 11.1 Å². The highest BCUT2D eigenvalue weighted by molar-refractivity contribution is 6.34. The van der Waals surface area contributed by atoms with Crippen LogP contribution in [0.1, 0.15) is 22.8 Å². The van der Waals surface area contributed by atoms with Crippen molar-refractivity contribution in [3.05, 3.63) is 62.7 Å². The molecule has 0 heterocycles. The third-order valence-corrected chi connectivity index (χ3v) is 3.92. The second kappa shape index (κ2) is 7.75. The number of rotatable bonds is 5. The fourth-order valence-corrected chi connectivity index (χ4v) is 2.80. The van der Waals surface area contributed by atoms with Crippen LogP contribution in [0.15, 0.2) is 36.4 Å². The Hall–Kier alpha value is -2.94. The van der Waals surface area contributed by atoms with E-state index in [1.807, 2.05) is 0 Å². The van der Waals surface area contributed by atoms with Crippen LogP contribution in [0.3, 0.4) is 0 Å². The van der Waals surface area contributed by atoms with E-state index >= 15 is 0 Å². The largest absolute Gasteiger partial charge is 0.419 e. The molecule has 1 N–H and O–H groups in total. The van der Waals surface area contributed by atoms with E-state index in [9.17, 15) is 32.9 Å². The maximum absolute atomic E-state index is 13.4. The van der Waals surface area contributed by atoms with Gasteiger partial charge in [0.05, 0.1) is 16.3 Å². The Morgan fingerprint density at radius 3 is 2.22 bits per heavy atom. The Bertz CT molecular complexity index is 912. The molecule has 0 aromatic heterocycles. The molecule has 0 aliphatic heterocycles. The van der Waals surface area contributed by atoms with Crippen molar-refractivity contribution in [1.82, 2.24) is 0 Å². The predicted molar refractivity (Wildman–Crippen MR) is 92.4 cm³/mol. The van der Waals surface area contributed by atoms with Crippen molar-refractivity contribution in [2.24, 2.45) is 0 Å². The number of hydrogen-bond acceptors (Lipinski definition) is 4. The van der Waals surface area contributed by atoms with Gasteiger partial charge in [0.2, 0.25) is 11.7 Å². The van der Waals surface area contributed by atoms with Crippen molar-refractivity contribution < 1.29 is 27.7 Å². The van der Waals surface area contributed by atoms with Crippen molar-refractivity contribution in [3.63, 3.8) is 0 Å². The quantitative estimate of drug-likeness (QED) is 0.456. The third kappa shape index (κ3) is 4.82. The molecule has 2 aromatic rings. The number of anilines is 1. The first kappa shape index (κ1) is 20.4. The second-order valence-corrected chi connectivity index (χ2v) is 5.90. The highest BCUT2D eigenvalue weighted by Gasteiger charge is 2.37. The van der Waals surface area contributed by atoms with E-state index < -0.39 is 45.6 Å². The smallest absolute Gasteiger partial charge is 0.326 e. The van der Waals surface area contributed by atoms with Crippen LogP contribution in [0.4, 0.5) is 18.9 Å². The molecule has 0 saturated carbocycles. The summed E-state index contributed by atoms with van der Waals surface area (Å²) in [6.45, 7) is 0.187. The second-order valence-electron chi connectivity index (χ2n) is 5.52. The number of nitrogens with zero attached hydrogens (tertiary/aromatic N) is 1. The molecule has 0 spiro atoms. The number of nitro groups is 1. The lowest BCUT2D eigenvalue weighted by atomic mass is 9.99. The average molecular weight is 401 g/mol. The van der Waals surface area contributed by atoms with Crippen LogP contribution in [0.5, 0.6) is 0 Å². The van der Waals surface area contributed by atoms with Gasteiger partial charge in [0.25, 0.3) is 6.54 Å². The van der Waals surface area contributed by atoms with E-state index in [0.29, 0.717) is 0 Å². The van der Waals surface area contributed by atoms with Crippen molar-refractivity contribution in [3.8, 4) is 11.1 Å². The van der Waals surface area contributed by atoms with Crippen molar-refractivity contribution in [2.75, 3.05) is 11.9 Å². The predicted octanol–water partition coefficient (Wildman–Crippen LogP) is 4.44. The van der Waals surface area contributed by atoms with Gasteiger partial charge in [0.1, 0.15) is 0 Å². The van der Waals surface area contributed by atoms with Crippen molar-refractivity contribution >= 4 is 29.0 Å². The summed E-state index contributed by atoms with van der Waals surface area (Å²) in [6, 6.07) is 7.60. The number of carbonyl (C=O) groups excluding carboxylic acids is 2. The van der Waals surface area contributed by atoms with Crippen LogP contribution < -0.4 is 5.32 Å². The Morgan fingerprint density at radius 1 is 1.15 bits per heavy atom. The number of Topliss-reactive ketones (excluding diaryl/α,β-unsaturated/α-hetero) is 1. The Balaban J connectivity index is 2.48. The van der Waals surface area contributed by atoms with Gasteiger partial charge in [-0.25, -0.2) is 0 Å². The number of alkyl halides is 3. The molecule has 142 valence electrons. The number of benzene rings is 2. The number of amides is 1. The van der Waals surface area contributed by atoms with Crippen LogP contribution in [0, 0.1) is 10.1 Å². The topological polar surface area (TPSA) is 89.3 Å². The van der Waals surface area contributed by atoms with Crippen LogP contribution in [-0.4, -0.2) is 23.2 Å². The maximum Gasteiger partial charge on any atom is 0.419 e. The van der Waals surface area contributed by atoms with E-state index in [2.05, 4.69) is 5.32 Å². The maximum atomic E-state index is 13.4. The number of nitrogens with one attached hydrogen (secondary N) is 1. The van der Waals surface area contributed by atoms with E-state index in [4.69, 9.17) is 11.6 Å². The summed E-state index contributed by atoms with van der Waals surface area (Å²) in [4.78, 5) is 32.4. The number of hydrogen-bond donors (Lipinski definition) is 1. The minimum atomic E-state index is -4.81. The average Bonchev–Trinajstić information content (AvgIpc) is 2.52. The first-order valence-corrected chi connectivity index (χ1v) is 7.81. The van der Waals surface area contributed by atoms with Gasteiger partial charge in [-0.15, -0.1) is 0 Å². The SMILES string of the molecule is CC(=O)Nc1ccc(-c2ccc(C(=O)C[N+](=O)[O-])cc2)c(Cl)c1C(F)(F)F. The Kier molecular flexibility index (Phi) is 5.85. The monoisotopic (exact) mass is 400 g/mol. The molecule has 0 aliphatic rings. The standard InChI is InChI=1S/C17H12ClF3N2O4/c1-9(24)22-13-7-6-12(16(18)15(13)17(19,20)21)10-2-4-11(5-3-10)14(25)8-23(26)27/h2-7H,8H2,1H3,(H,22,24). The highest BCUT2D eigenvalue weighted by atomic mass is 35.5. The molecular formula is C17H12ClF3N2O4. The zero-order valence-corrected chi connectivity index (χ0v) is 14.5. The summed E-state index contributed by atoms with van der Waals surface area (Å²) >= 11 is 5.96. The van der Waals surface area contributed by atoms with Crippen LogP contribution >= 0.6 is 11.6 Å². The summed E-state index contributed by atoms with van der Waals surface area (Å²) in [7, 11) is 0. The summed E-state index contributed by atoms with van der Waals surface area (Å²) in [5, 5.41) is 11.9. The molecule has 0 fully saturated rings. The van der Waals surface area contributed by atoms with E-state index in [1.54, 1.807) is 0 Å². The molecule has 0 atom stereocenters. The van der Waals surface area contributed by atoms with Crippen molar-refractivity contribution in [2.45, 2.75) is 13.1 Å². The Labute approximate surface area is 156 Å². The van der Waals surface area contributed by atoms with Crippen LogP contribution in [-0.2, 0) is 11.0 Å². The molecular weight excluding hydrogens is 389 g/mol. The van der Waals surface area contributed by atoms with Gasteiger partial charge >= 0.3 is 6.18 Å². The fraction of sp³-hybridized carbons (Fsp3) is 0.176. The zero-order valence-electron chi connectivity index (χ0n) is 13.8. The lowest BCUT2D eigenvalue weighted by molar-refractivity contribution is -0.465. The van der Waals surface area contributed by atoms with Gasteiger partial charge in [-0.05, 0) is 11.6 Å². The summed E-state index contributed by atoms with van der Waals surface area (Å²) in [5.41, 5.74) is -1.30.